The average molecular weight is 439 g/mol. The van der Waals surface area contributed by atoms with E-state index in [9.17, 15) is 13.2 Å². The maximum absolute atomic E-state index is 12.4. The zero-order valence-corrected chi connectivity index (χ0v) is 18.7. The maximum Gasteiger partial charge on any atom is 0.254 e. The summed E-state index contributed by atoms with van der Waals surface area (Å²) < 4.78 is 33.2. The number of ether oxygens (including phenoxy) is 1. The number of benzene rings is 2. The topological polar surface area (TPSA) is 77.4 Å². The fourth-order valence-electron chi connectivity index (χ4n) is 3.41. The maximum atomic E-state index is 12.4. The zero-order valence-electron chi connectivity index (χ0n) is 17.9. The van der Waals surface area contributed by atoms with E-state index in [2.05, 4.69) is 11.3 Å². The Hall–Kier alpha value is -3.32. The van der Waals surface area contributed by atoms with Crippen molar-refractivity contribution in [3.8, 4) is 16.9 Å². The Morgan fingerprint density at radius 2 is 1.81 bits per heavy atom. The van der Waals surface area contributed by atoms with Crippen molar-refractivity contribution in [1.29, 1.82) is 0 Å². The standard InChI is InChI=1S/C24H26N2O4S/c1-5-18-14-20(16-26(3)24(18)27)23-15-21(25-31(28,29)6-2)10-9-19(23)13-17-7-11-22(30-4)12-8-17/h6-12,14-16,25H,2,5,13H2,1,3-4H3. The van der Waals surface area contributed by atoms with Crippen LogP contribution in [0.25, 0.3) is 11.1 Å². The predicted molar refractivity (Wildman–Crippen MR) is 125 cm³/mol. The fraction of sp³-hybridized carbons (Fsp3) is 0.208. The summed E-state index contributed by atoms with van der Waals surface area (Å²) in [6.45, 7) is 5.28. The number of rotatable bonds is 8. The highest BCUT2D eigenvalue weighted by atomic mass is 32.2. The monoisotopic (exact) mass is 438 g/mol. The van der Waals surface area contributed by atoms with Crippen molar-refractivity contribution in [3.05, 3.63) is 93.8 Å². The van der Waals surface area contributed by atoms with E-state index >= 15 is 0 Å². The van der Waals surface area contributed by atoms with Crippen molar-refractivity contribution in [1.82, 2.24) is 4.57 Å². The summed E-state index contributed by atoms with van der Waals surface area (Å²) in [5.74, 6) is 0.781. The minimum atomic E-state index is -3.63. The van der Waals surface area contributed by atoms with Gasteiger partial charge in [0, 0.05) is 29.9 Å². The molecule has 0 atom stereocenters. The Kier molecular flexibility index (Phi) is 6.65. The molecule has 0 aliphatic rings. The number of sulfonamides is 1. The summed E-state index contributed by atoms with van der Waals surface area (Å²) in [5.41, 5.74) is 4.89. The van der Waals surface area contributed by atoms with Gasteiger partial charge in [-0.3, -0.25) is 9.52 Å². The van der Waals surface area contributed by atoms with Crippen LogP contribution in [-0.4, -0.2) is 20.1 Å². The molecule has 0 fully saturated rings. The van der Waals surface area contributed by atoms with Gasteiger partial charge in [-0.05, 0) is 65.4 Å². The molecule has 1 N–H and O–H groups in total. The van der Waals surface area contributed by atoms with Gasteiger partial charge in [0.1, 0.15) is 5.75 Å². The number of hydrogen-bond donors (Lipinski definition) is 1. The Morgan fingerprint density at radius 1 is 1.10 bits per heavy atom. The lowest BCUT2D eigenvalue weighted by Gasteiger charge is -2.15. The third-order valence-corrected chi connectivity index (χ3v) is 6.05. The largest absolute Gasteiger partial charge is 0.497 e. The normalized spacial score (nSPS) is 11.2. The van der Waals surface area contributed by atoms with E-state index in [1.807, 2.05) is 43.3 Å². The number of methoxy groups -OCH3 is 1. The molecule has 0 saturated heterocycles. The Labute approximate surface area is 182 Å². The van der Waals surface area contributed by atoms with Crippen molar-refractivity contribution in [3.63, 3.8) is 0 Å². The van der Waals surface area contributed by atoms with E-state index in [1.165, 1.54) is 0 Å². The first kappa shape index (κ1) is 22.4. The molecule has 1 aromatic heterocycles. The zero-order chi connectivity index (χ0) is 22.6. The number of aryl methyl sites for hydroxylation is 2. The third-order valence-electron chi connectivity index (χ3n) is 5.09. The molecule has 0 aliphatic carbocycles. The highest BCUT2D eigenvalue weighted by Gasteiger charge is 2.13. The number of nitrogens with zero attached hydrogens (tertiary/aromatic N) is 1. The van der Waals surface area contributed by atoms with Gasteiger partial charge in [0.15, 0.2) is 0 Å². The molecule has 0 bridgehead atoms. The van der Waals surface area contributed by atoms with Gasteiger partial charge >= 0.3 is 0 Å². The van der Waals surface area contributed by atoms with Crippen LogP contribution in [0.1, 0.15) is 23.6 Å². The number of anilines is 1. The van der Waals surface area contributed by atoms with Crippen molar-refractivity contribution in [2.75, 3.05) is 11.8 Å². The molecule has 3 rings (SSSR count). The van der Waals surface area contributed by atoms with Gasteiger partial charge in [0.05, 0.1) is 7.11 Å². The van der Waals surface area contributed by atoms with Gasteiger partial charge in [-0.15, -0.1) is 0 Å². The molecule has 0 spiro atoms. The summed E-state index contributed by atoms with van der Waals surface area (Å²) in [7, 11) is -0.287. The smallest absolute Gasteiger partial charge is 0.254 e. The molecular formula is C24H26N2O4S. The quantitative estimate of drug-likeness (QED) is 0.574. The number of pyridine rings is 1. The second-order valence-electron chi connectivity index (χ2n) is 7.23. The molecular weight excluding hydrogens is 412 g/mol. The molecule has 31 heavy (non-hydrogen) atoms. The second kappa shape index (κ2) is 9.22. The van der Waals surface area contributed by atoms with Crippen LogP contribution in [0.5, 0.6) is 5.75 Å². The van der Waals surface area contributed by atoms with Gasteiger partial charge in [0.25, 0.3) is 15.6 Å². The van der Waals surface area contributed by atoms with Crippen molar-refractivity contribution in [2.45, 2.75) is 19.8 Å². The van der Waals surface area contributed by atoms with Crippen molar-refractivity contribution in [2.24, 2.45) is 7.05 Å². The van der Waals surface area contributed by atoms with Crippen LogP contribution in [0.4, 0.5) is 5.69 Å². The first-order valence-corrected chi connectivity index (χ1v) is 11.4. The second-order valence-corrected chi connectivity index (χ2v) is 8.86. The van der Waals surface area contributed by atoms with Crippen LogP contribution in [0.2, 0.25) is 0 Å². The Bertz CT molecular complexity index is 1260. The lowest BCUT2D eigenvalue weighted by Crippen LogP contribution is -2.20. The average Bonchev–Trinajstić information content (AvgIpc) is 2.77. The molecule has 1 heterocycles. The summed E-state index contributed by atoms with van der Waals surface area (Å²) >= 11 is 0. The number of nitrogens with one attached hydrogen (secondary N) is 1. The summed E-state index contributed by atoms with van der Waals surface area (Å²) in [6.07, 6.45) is 3.02. The fourth-order valence-corrected chi connectivity index (χ4v) is 3.95. The van der Waals surface area contributed by atoms with Crippen LogP contribution in [0.15, 0.2) is 71.5 Å². The SMILES string of the molecule is C=CS(=O)(=O)Nc1ccc(Cc2ccc(OC)cc2)c(-c2cc(CC)c(=O)n(C)c2)c1. The first-order chi connectivity index (χ1) is 14.8. The summed E-state index contributed by atoms with van der Waals surface area (Å²) in [5, 5.41) is 0.874. The third kappa shape index (κ3) is 5.24. The number of hydrogen-bond acceptors (Lipinski definition) is 4. The van der Waals surface area contributed by atoms with Gasteiger partial charge in [-0.25, -0.2) is 8.42 Å². The Balaban J connectivity index is 2.12. The molecule has 162 valence electrons. The van der Waals surface area contributed by atoms with Crippen molar-refractivity contribution < 1.29 is 13.2 Å². The molecule has 0 radical (unpaired) electrons. The van der Waals surface area contributed by atoms with Gasteiger partial charge < -0.3 is 9.30 Å². The van der Waals surface area contributed by atoms with E-state index in [0.29, 0.717) is 24.1 Å². The molecule has 3 aromatic rings. The first-order valence-electron chi connectivity index (χ1n) is 9.87. The van der Waals surface area contributed by atoms with Crippen LogP contribution in [-0.2, 0) is 29.9 Å². The molecule has 0 saturated carbocycles. The van der Waals surface area contributed by atoms with E-state index < -0.39 is 10.0 Å². The minimum Gasteiger partial charge on any atom is -0.497 e. The van der Waals surface area contributed by atoms with Gasteiger partial charge in [-0.1, -0.05) is 31.7 Å². The molecule has 0 aliphatic heterocycles. The number of aromatic nitrogens is 1. The highest BCUT2D eigenvalue weighted by molar-refractivity contribution is 7.95. The van der Waals surface area contributed by atoms with Crippen LogP contribution >= 0.6 is 0 Å². The molecule has 6 nitrogen and oxygen atoms in total. The predicted octanol–water partition coefficient (Wildman–Crippen LogP) is 4.10. The van der Waals surface area contributed by atoms with Gasteiger partial charge in [-0.2, -0.15) is 0 Å². The molecule has 2 aromatic carbocycles. The van der Waals surface area contributed by atoms with Crippen LogP contribution in [0, 0.1) is 0 Å². The minimum absolute atomic E-state index is 0.0357. The molecule has 0 unspecified atom stereocenters. The molecule has 7 heteroatoms. The summed E-state index contributed by atoms with van der Waals surface area (Å²) in [6, 6.07) is 15.1. The van der Waals surface area contributed by atoms with E-state index in [1.54, 1.807) is 37.1 Å². The van der Waals surface area contributed by atoms with Gasteiger partial charge in [0.2, 0.25) is 0 Å². The van der Waals surface area contributed by atoms with Crippen LogP contribution in [0.3, 0.4) is 0 Å². The van der Waals surface area contributed by atoms with Crippen molar-refractivity contribution >= 4 is 15.7 Å². The highest BCUT2D eigenvalue weighted by Crippen LogP contribution is 2.30. The van der Waals surface area contributed by atoms with E-state index in [-0.39, 0.29) is 5.56 Å². The van der Waals surface area contributed by atoms with E-state index in [4.69, 9.17) is 4.74 Å². The van der Waals surface area contributed by atoms with E-state index in [0.717, 1.165) is 33.4 Å². The lowest BCUT2D eigenvalue weighted by atomic mass is 9.94. The Morgan fingerprint density at radius 3 is 2.42 bits per heavy atom. The lowest BCUT2D eigenvalue weighted by molar-refractivity contribution is 0.414. The molecule has 0 amide bonds. The summed E-state index contributed by atoms with van der Waals surface area (Å²) in [4.78, 5) is 12.4. The van der Waals surface area contributed by atoms with Crippen LogP contribution < -0.4 is 15.0 Å².